The van der Waals surface area contributed by atoms with E-state index in [0.29, 0.717) is 41.8 Å². The number of carbonyl (C=O) groups excluding carboxylic acids is 1. The van der Waals surface area contributed by atoms with Gasteiger partial charge in [0.05, 0.1) is 11.9 Å². The maximum atomic E-state index is 13.7. The van der Waals surface area contributed by atoms with E-state index < -0.39 is 0 Å². The number of piperazine rings is 1. The fraction of sp³-hybridized carbons (Fsp3) is 0.353. The molecule has 1 fully saturated rings. The Hall–Kier alpha value is -2.22. The molecular weight excluding hydrogens is 391 g/mol. The molecule has 1 amide bonds. The van der Waals surface area contributed by atoms with Crippen molar-refractivity contribution >= 4 is 27.5 Å². The van der Waals surface area contributed by atoms with Gasteiger partial charge >= 0.3 is 0 Å². The van der Waals surface area contributed by atoms with E-state index in [0.717, 1.165) is 5.69 Å². The molecule has 1 aliphatic rings. The van der Waals surface area contributed by atoms with Gasteiger partial charge < -0.3 is 9.80 Å². The predicted molar refractivity (Wildman–Crippen MR) is 96.4 cm³/mol. The highest BCUT2D eigenvalue weighted by Crippen LogP contribution is 2.23. The number of aromatic nitrogens is 2. The Morgan fingerprint density at radius 3 is 2.56 bits per heavy atom. The van der Waals surface area contributed by atoms with Gasteiger partial charge in [-0.25, -0.2) is 9.07 Å². The van der Waals surface area contributed by atoms with E-state index in [-0.39, 0.29) is 17.3 Å². The Morgan fingerprint density at radius 1 is 1.24 bits per heavy atom. The summed E-state index contributed by atoms with van der Waals surface area (Å²) in [6.07, 6.45) is 1.64. The number of anilines is 1. The van der Waals surface area contributed by atoms with Crippen molar-refractivity contribution in [1.29, 1.82) is 0 Å². The quantitative estimate of drug-likeness (QED) is 0.761. The van der Waals surface area contributed by atoms with Crippen LogP contribution in [0, 0.1) is 12.7 Å². The third kappa shape index (κ3) is 3.44. The first-order chi connectivity index (χ1) is 11.9. The van der Waals surface area contributed by atoms with Crippen molar-refractivity contribution in [2.24, 2.45) is 7.05 Å². The number of aryl methyl sites for hydroxylation is 2. The van der Waals surface area contributed by atoms with Crippen LogP contribution in [0.25, 0.3) is 0 Å². The van der Waals surface area contributed by atoms with Crippen LogP contribution < -0.4 is 10.5 Å². The molecule has 0 atom stereocenters. The summed E-state index contributed by atoms with van der Waals surface area (Å²) in [7, 11) is 1.59. The Kier molecular flexibility index (Phi) is 4.89. The number of rotatable bonds is 2. The smallest absolute Gasteiger partial charge is 0.282 e. The summed E-state index contributed by atoms with van der Waals surface area (Å²) in [6, 6.07) is 4.54. The van der Waals surface area contributed by atoms with E-state index in [2.05, 4.69) is 21.0 Å². The summed E-state index contributed by atoms with van der Waals surface area (Å²) in [5.41, 5.74) is 1.39. The third-order valence-corrected chi connectivity index (χ3v) is 5.13. The molecule has 3 rings (SSSR count). The normalized spacial score (nSPS) is 14.7. The molecule has 8 heteroatoms. The SMILES string of the molecule is Cc1ccc(C(=O)N2CCN(c3cnn(C)c(=O)c3Br)CC2)cc1F. The summed E-state index contributed by atoms with van der Waals surface area (Å²) in [5, 5.41) is 4.04. The third-order valence-electron chi connectivity index (χ3n) is 4.39. The van der Waals surface area contributed by atoms with Crippen LogP contribution in [-0.4, -0.2) is 46.8 Å². The van der Waals surface area contributed by atoms with Gasteiger partial charge in [0.25, 0.3) is 11.5 Å². The van der Waals surface area contributed by atoms with Gasteiger partial charge in [-0.2, -0.15) is 5.10 Å². The lowest BCUT2D eigenvalue weighted by Gasteiger charge is -2.36. The molecule has 0 aliphatic carbocycles. The molecule has 132 valence electrons. The zero-order valence-electron chi connectivity index (χ0n) is 14.0. The molecule has 2 aromatic rings. The standard InChI is InChI=1S/C17H18BrFN4O2/c1-11-3-4-12(9-13(11)19)16(24)23-7-5-22(6-8-23)14-10-20-21(2)17(25)15(14)18/h3-4,9-10H,5-8H2,1-2H3. The Bertz CT molecular complexity index is 875. The second-order valence-corrected chi connectivity index (χ2v) is 6.81. The van der Waals surface area contributed by atoms with E-state index in [1.54, 1.807) is 37.2 Å². The number of nitrogens with zero attached hydrogens (tertiary/aromatic N) is 4. The molecule has 1 aliphatic heterocycles. The molecule has 1 aromatic carbocycles. The molecule has 0 saturated carbocycles. The van der Waals surface area contributed by atoms with Crippen LogP contribution in [0.15, 0.2) is 33.7 Å². The van der Waals surface area contributed by atoms with Crippen LogP contribution in [0.3, 0.4) is 0 Å². The highest BCUT2D eigenvalue weighted by Gasteiger charge is 2.24. The molecular formula is C17H18BrFN4O2. The topological polar surface area (TPSA) is 58.4 Å². The van der Waals surface area contributed by atoms with Gasteiger partial charge in [-0.05, 0) is 40.5 Å². The van der Waals surface area contributed by atoms with Gasteiger partial charge in [0.1, 0.15) is 10.3 Å². The number of hydrogen-bond donors (Lipinski definition) is 0. The Labute approximate surface area is 153 Å². The first kappa shape index (κ1) is 17.6. The van der Waals surface area contributed by atoms with E-state index in [9.17, 15) is 14.0 Å². The first-order valence-corrected chi connectivity index (χ1v) is 8.70. The summed E-state index contributed by atoms with van der Waals surface area (Å²) in [4.78, 5) is 28.2. The molecule has 1 saturated heterocycles. The fourth-order valence-electron chi connectivity index (χ4n) is 2.78. The highest BCUT2D eigenvalue weighted by molar-refractivity contribution is 9.10. The molecule has 6 nitrogen and oxygen atoms in total. The lowest BCUT2D eigenvalue weighted by atomic mass is 10.1. The molecule has 25 heavy (non-hydrogen) atoms. The van der Waals surface area contributed by atoms with Gasteiger partial charge in [-0.1, -0.05) is 6.07 Å². The van der Waals surface area contributed by atoms with Crippen molar-refractivity contribution < 1.29 is 9.18 Å². The summed E-state index contributed by atoms with van der Waals surface area (Å²) in [6.45, 7) is 3.81. The zero-order valence-corrected chi connectivity index (χ0v) is 15.6. The molecule has 0 spiro atoms. The Morgan fingerprint density at radius 2 is 1.92 bits per heavy atom. The number of halogens is 2. The minimum absolute atomic E-state index is 0.181. The summed E-state index contributed by atoms with van der Waals surface area (Å²) >= 11 is 3.32. The minimum atomic E-state index is -0.375. The number of amides is 1. The number of hydrogen-bond acceptors (Lipinski definition) is 4. The van der Waals surface area contributed by atoms with E-state index >= 15 is 0 Å². The van der Waals surface area contributed by atoms with E-state index in [4.69, 9.17) is 0 Å². The highest BCUT2D eigenvalue weighted by atomic mass is 79.9. The second-order valence-electron chi connectivity index (χ2n) is 6.02. The largest absolute Gasteiger partial charge is 0.366 e. The zero-order chi connectivity index (χ0) is 18.1. The maximum absolute atomic E-state index is 13.7. The van der Waals surface area contributed by atoms with Crippen molar-refractivity contribution in [2.75, 3.05) is 31.1 Å². The van der Waals surface area contributed by atoms with E-state index in [1.165, 1.54) is 10.7 Å². The van der Waals surface area contributed by atoms with Crippen molar-refractivity contribution in [1.82, 2.24) is 14.7 Å². The lowest BCUT2D eigenvalue weighted by molar-refractivity contribution is 0.0746. The van der Waals surface area contributed by atoms with Crippen LogP contribution in [-0.2, 0) is 7.05 Å². The van der Waals surface area contributed by atoms with Crippen LogP contribution in [0.4, 0.5) is 10.1 Å². The molecule has 2 heterocycles. The summed E-state index contributed by atoms with van der Waals surface area (Å²) < 4.78 is 15.4. The lowest BCUT2D eigenvalue weighted by Crippen LogP contribution is -2.49. The van der Waals surface area contributed by atoms with Crippen LogP contribution >= 0.6 is 15.9 Å². The van der Waals surface area contributed by atoms with Gasteiger partial charge in [0.2, 0.25) is 0 Å². The van der Waals surface area contributed by atoms with Crippen molar-refractivity contribution in [3.8, 4) is 0 Å². The average Bonchev–Trinajstić information content (AvgIpc) is 2.62. The molecule has 0 unspecified atom stereocenters. The second kappa shape index (κ2) is 6.95. The summed E-state index contributed by atoms with van der Waals surface area (Å²) in [5.74, 6) is -0.556. The minimum Gasteiger partial charge on any atom is -0.366 e. The molecule has 1 aromatic heterocycles. The Balaban J connectivity index is 1.71. The van der Waals surface area contributed by atoms with Crippen molar-refractivity contribution in [2.45, 2.75) is 6.92 Å². The van der Waals surface area contributed by atoms with Gasteiger partial charge in [-0.15, -0.1) is 0 Å². The monoisotopic (exact) mass is 408 g/mol. The molecule has 0 radical (unpaired) electrons. The maximum Gasteiger partial charge on any atom is 0.282 e. The first-order valence-electron chi connectivity index (χ1n) is 7.90. The van der Waals surface area contributed by atoms with Crippen LogP contribution in [0.5, 0.6) is 0 Å². The van der Waals surface area contributed by atoms with Crippen LogP contribution in [0.1, 0.15) is 15.9 Å². The van der Waals surface area contributed by atoms with Crippen LogP contribution in [0.2, 0.25) is 0 Å². The number of benzene rings is 1. The fourth-order valence-corrected chi connectivity index (χ4v) is 3.39. The van der Waals surface area contributed by atoms with Crippen molar-refractivity contribution in [3.63, 3.8) is 0 Å². The van der Waals surface area contributed by atoms with Crippen molar-refractivity contribution in [3.05, 3.63) is 56.2 Å². The molecule has 0 N–H and O–H groups in total. The molecule has 0 bridgehead atoms. The average molecular weight is 409 g/mol. The van der Waals surface area contributed by atoms with Gasteiger partial charge in [-0.3, -0.25) is 9.59 Å². The number of carbonyl (C=O) groups is 1. The predicted octanol–water partition coefficient (Wildman–Crippen LogP) is 1.95. The van der Waals surface area contributed by atoms with Gasteiger partial charge in [0, 0.05) is 38.8 Å². The van der Waals surface area contributed by atoms with Gasteiger partial charge in [0.15, 0.2) is 0 Å². The van der Waals surface area contributed by atoms with E-state index in [1.807, 2.05) is 4.90 Å².